The van der Waals surface area contributed by atoms with Crippen LogP contribution in [0.3, 0.4) is 0 Å². The van der Waals surface area contributed by atoms with Crippen LogP contribution in [0.2, 0.25) is 0 Å². The Labute approximate surface area is 149 Å². The molecule has 25 heavy (non-hydrogen) atoms. The summed E-state index contributed by atoms with van der Waals surface area (Å²) in [5.41, 5.74) is 0.689. The maximum Gasteiger partial charge on any atom is 0.253 e. The first kappa shape index (κ1) is 18.2. The van der Waals surface area contributed by atoms with Crippen molar-refractivity contribution in [3.63, 3.8) is 0 Å². The van der Waals surface area contributed by atoms with E-state index in [-0.39, 0.29) is 12.0 Å². The monoisotopic (exact) mass is 348 g/mol. The number of hydrogen-bond acceptors (Lipinski definition) is 5. The third-order valence-corrected chi connectivity index (χ3v) is 4.76. The number of hydrogen-bond donors (Lipinski definition) is 0. The fourth-order valence-corrected chi connectivity index (χ4v) is 3.10. The molecule has 0 saturated carbocycles. The van der Waals surface area contributed by atoms with E-state index in [0.29, 0.717) is 12.2 Å². The van der Waals surface area contributed by atoms with Crippen molar-refractivity contribution in [2.24, 2.45) is 0 Å². The highest BCUT2D eigenvalue weighted by atomic mass is 16.5. The van der Waals surface area contributed by atoms with Crippen molar-refractivity contribution in [1.82, 2.24) is 9.80 Å². The SMILES string of the molecule is CN(CCN1CCOCC1)C(=O)c1ccc(OCC2CCCO2)cc1. The molecule has 0 spiro atoms. The first-order chi connectivity index (χ1) is 12.2. The van der Waals surface area contributed by atoms with E-state index in [1.54, 1.807) is 4.90 Å². The van der Waals surface area contributed by atoms with Gasteiger partial charge in [0.05, 0.1) is 19.3 Å². The molecule has 2 fully saturated rings. The average Bonchev–Trinajstić information content (AvgIpc) is 3.19. The Bertz CT molecular complexity index is 537. The molecule has 1 unspecified atom stereocenters. The highest BCUT2D eigenvalue weighted by molar-refractivity contribution is 5.94. The molecule has 0 aliphatic carbocycles. The Hall–Kier alpha value is -1.63. The van der Waals surface area contributed by atoms with Crippen molar-refractivity contribution < 1.29 is 19.0 Å². The summed E-state index contributed by atoms with van der Waals surface area (Å²) >= 11 is 0. The van der Waals surface area contributed by atoms with E-state index in [9.17, 15) is 4.79 Å². The number of nitrogens with zero attached hydrogens (tertiary/aromatic N) is 2. The summed E-state index contributed by atoms with van der Waals surface area (Å²) in [6, 6.07) is 7.38. The second kappa shape index (κ2) is 9.17. The van der Waals surface area contributed by atoms with E-state index < -0.39 is 0 Å². The predicted octanol–water partition coefficient (Wildman–Crippen LogP) is 1.65. The Kier molecular flexibility index (Phi) is 6.67. The summed E-state index contributed by atoms with van der Waals surface area (Å²) in [5.74, 6) is 0.821. The summed E-state index contributed by atoms with van der Waals surface area (Å²) < 4.78 is 16.6. The van der Waals surface area contributed by atoms with Gasteiger partial charge in [0, 0.05) is 45.4 Å². The van der Waals surface area contributed by atoms with Gasteiger partial charge in [-0.15, -0.1) is 0 Å². The number of morpholine rings is 1. The summed E-state index contributed by atoms with van der Waals surface area (Å²) in [4.78, 5) is 16.6. The van der Waals surface area contributed by atoms with Crippen LogP contribution in [0.25, 0.3) is 0 Å². The number of amides is 1. The summed E-state index contributed by atoms with van der Waals surface area (Å²) in [6.07, 6.45) is 2.37. The number of ether oxygens (including phenoxy) is 3. The molecular weight excluding hydrogens is 320 g/mol. The molecule has 1 atom stereocenters. The van der Waals surface area contributed by atoms with Gasteiger partial charge in [-0.05, 0) is 37.1 Å². The molecule has 2 aliphatic heterocycles. The van der Waals surface area contributed by atoms with E-state index in [1.165, 1.54) is 0 Å². The van der Waals surface area contributed by atoms with Crippen molar-refractivity contribution in [3.05, 3.63) is 29.8 Å². The van der Waals surface area contributed by atoms with Gasteiger partial charge < -0.3 is 19.1 Å². The normalized spacial score (nSPS) is 21.2. The minimum atomic E-state index is 0.0407. The van der Waals surface area contributed by atoms with Gasteiger partial charge in [-0.2, -0.15) is 0 Å². The Balaban J connectivity index is 1.44. The van der Waals surface area contributed by atoms with Crippen LogP contribution in [0.5, 0.6) is 5.75 Å². The maximum atomic E-state index is 12.5. The van der Waals surface area contributed by atoms with Crippen LogP contribution >= 0.6 is 0 Å². The van der Waals surface area contributed by atoms with Crippen LogP contribution in [0.15, 0.2) is 24.3 Å². The van der Waals surface area contributed by atoms with Crippen molar-refractivity contribution in [2.45, 2.75) is 18.9 Å². The lowest BCUT2D eigenvalue weighted by Gasteiger charge is -2.28. The highest BCUT2D eigenvalue weighted by Gasteiger charge is 2.17. The lowest BCUT2D eigenvalue weighted by Crippen LogP contribution is -2.41. The molecule has 2 aliphatic rings. The van der Waals surface area contributed by atoms with Crippen molar-refractivity contribution in [2.75, 3.05) is 59.7 Å². The molecule has 0 bridgehead atoms. The lowest BCUT2D eigenvalue weighted by atomic mass is 10.2. The largest absolute Gasteiger partial charge is 0.491 e. The molecule has 1 aromatic rings. The van der Waals surface area contributed by atoms with Crippen LogP contribution in [-0.4, -0.2) is 81.5 Å². The van der Waals surface area contributed by atoms with Crippen LogP contribution in [0.4, 0.5) is 0 Å². The van der Waals surface area contributed by atoms with Gasteiger partial charge in [0.15, 0.2) is 0 Å². The van der Waals surface area contributed by atoms with Gasteiger partial charge in [-0.25, -0.2) is 0 Å². The molecular formula is C19H28N2O4. The minimum Gasteiger partial charge on any atom is -0.491 e. The second-order valence-electron chi connectivity index (χ2n) is 6.65. The van der Waals surface area contributed by atoms with Gasteiger partial charge in [0.25, 0.3) is 5.91 Å². The van der Waals surface area contributed by atoms with Crippen molar-refractivity contribution in [3.8, 4) is 5.75 Å². The standard InChI is InChI=1S/C19H28N2O4/c1-20(8-9-21-10-13-23-14-11-21)19(22)16-4-6-17(7-5-16)25-15-18-3-2-12-24-18/h4-7,18H,2-3,8-15H2,1H3. The Morgan fingerprint density at radius 1 is 1.24 bits per heavy atom. The van der Waals surface area contributed by atoms with Gasteiger partial charge >= 0.3 is 0 Å². The number of benzene rings is 1. The zero-order chi connectivity index (χ0) is 17.5. The molecule has 0 N–H and O–H groups in total. The summed E-state index contributed by atoms with van der Waals surface area (Å²) in [7, 11) is 1.85. The average molecular weight is 348 g/mol. The van der Waals surface area contributed by atoms with Crippen LogP contribution in [0, 0.1) is 0 Å². The summed E-state index contributed by atoms with van der Waals surface area (Å²) in [6.45, 7) is 6.46. The Morgan fingerprint density at radius 3 is 2.68 bits per heavy atom. The van der Waals surface area contributed by atoms with Crippen LogP contribution in [-0.2, 0) is 9.47 Å². The van der Waals surface area contributed by atoms with Crippen LogP contribution in [0.1, 0.15) is 23.2 Å². The number of rotatable bonds is 7. The van der Waals surface area contributed by atoms with E-state index >= 15 is 0 Å². The molecule has 3 rings (SSSR count). The highest BCUT2D eigenvalue weighted by Crippen LogP contribution is 2.17. The van der Waals surface area contributed by atoms with E-state index in [1.807, 2.05) is 31.3 Å². The van der Waals surface area contributed by atoms with Gasteiger partial charge in [0.2, 0.25) is 0 Å². The third kappa shape index (κ3) is 5.42. The zero-order valence-corrected chi connectivity index (χ0v) is 15.0. The molecule has 2 saturated heterocycles. The molecule has 0 aromatic heterocycles. The molecule has 138 valence electrons. The second-order valence-corrected chi connectivity index (χ2v) is 6.65. The van der Waals surface area contributed by atoms with Crippen molar-refractivity contribution >= 4 is 5.91 Å². The van der Waals surface area contributed by atoms with Gasteiger partial charge in [-0.3, -0.25) is 9.69 Å². The summed E-state index contributed by atoms with van der Waals surface area (Å²) in [5, 5.41) is 0. The predicted molar refractivity (Wildman–Crippen MR) is 95.1 cm³/mol. The molecule has 6 heteroatoms. The lowest BCUT2D eigenvalue weighted by molar-refractivity contribution is 0.0338. The quantitative estimate of drug-likeness (QED) is 0.750. The smallest absolute Gasteiger partial charge is 0.253 e. The van der Waals surface area contributed by atoms with E-state index in [0.717, 1.165) is 64.6 Å². The molecule has 2 heterocycles. The first-order valence-electron chi connectivity index (χ1n) is 9.12. The fraction of sp³-hybridized carbons (Fsp3) is 0.632. The van der Waals surface area contributed by atoms with Crippen molar-refractivity contribution in [1.29, 1.82) is 0 Å². The first-order valence-corrected chi connectivity index (χ1v) is 9.12. The van der Waals surface area contributed by atoms with E-state index in [4.69, 9.17) is 14.2 Å². The number of carbonyl (C=O) groups is 1. The number of carbonyl (C=O) groups excluding carboxylic acids is 1. The van der Waals surface area contributed by atoms with Gasteiger partial charge in [-0.1, -0.05) is 0 Å². The molecule has 1 aromatic carbocycles. The molecule has 0 radical (unpaired) electrons. The maximum absolute atomic E-state index is 12.5. The number of likely N-dealkylation sites (N-methyl/N-ethyl adjacent to an activating group) is 1. The topological polar surface area (TPSA) is 51.2 Å². The molecule has 1 amide bonds. The Morgan fingerprint density at radius 2 is 2.00 bits per heavy atom. The fourth-order valence-electron chi connectivity index (χ4n) is 3.10. The third-order valence-electron chi connectivity index (χ3n) is 4.76. The minimum absolute atomic E-state index is 0.0407. The van der Waals surface area contributed by atoms with Crippen LogP contribution < -0.4 is 4.74 Å². The van der Waals surface area contributed by atoms with Gasteiger partial charge in [0.1, 0.15) is 12.4 Å². The van der Waals surface area contributed by atoms with E-state index in [2.05, 4.69) is 4.90 Å². The molecule has 6 nitrogen and oxygen atoms in total. The zero-order valence-electron chi connectivity index (χ0n) is 15.0.